The van der Waals surface area contributed by atoms with Gasteiger partial charge in [-0.2, -0.15) is 13.2 Å². The lowest BCUT2D eigenvalue weighted by atomic mass is 10.1. The molecule has 0 fully saturated rings. The number of hydrogen-bond donors (Lipinski definition) is 2. The van der Waals surface area contributed by atoms with Crippen molar-refractivity contribution in [1.82, 2.24) is 0 Å². The third kappa shape index (κ3) is 4.71. The van der Waals surface area contributed by atoms with E-state index in [0.29, 0.717) is 0 Å². The van der Waals surface area contributed by atoms with Gasteiger partial charge in [-0.1, -0.05) is 0 Å². The molecule has 0 saturated carbocycles. The van der Waals surface area contributed by atoms with Gasteiger partial charge in [-0.15, -0.1) is 0 Å². The van der Waals surface area contributed by atoms with E-state index < -0.39 is 17.6 Å². The average Bonchev–Trinajstić information content (AvgIpc) is 2.39. The quantitative estimate of drug-likeness (QED) is 0.782. The van der Waals surface area contributed by atoms with E-state index in [9.17, 15) is 18.0 Å². The standard InChI is InChI=1S/C12H15F3N2O3/c1-19-4-5-20-10-3-2-8(12(13,14)15)6-9(10)17-11(18)7-16/h2-3,6H,4-5,7,16H2,1H3,(H,17,18). The summed E-state index contributed by atoms with van der Waals surface area (Å²) in [5.41, 5.74) is 4.16. The molecule has 1 amide bonds. The summed E-state index contributed by atoms with van der Waals surface area (Å²) < 4.78 is 47.9. The third-order valence-electron chi connectivity index (χ3n) is 2.31. The lowest BCUT2D eigenvalue weighted by molar-refractivity contribution is -0.137. The third-order valence-corrected chi connectivity index (χ3v) is 2.31. The highest BCUT2D eigenvalue weighted by molar-refractivity contribution is 5.93. The maximum absolute atomic E-state index is 12.6. The van der Waals surface area contributed by atoms with E-state index in [4.69, 9.17) is 15.2 Å². The number of methoxy groups -OCH3 is 1. The molecule has 0 aliphatic heterocycles. The van der Waals surface area contributed by atoms with Gasteiger partial charge in [-0.25, -0.2) is 0 Å². The Hall–Kier alpha value is -1.80. The largest absolute Gasteiger partial charge is 0.489 e. The van der Waals surface area contributed by atoms with E-state index in [0.717, 1.165) is 18.2 Å². The predicted octanol–water partition coefficient (Wildman–Crippen LogP) is 1.63. The summed E-state index contributed by atoms with van der Waals surface area (Å²) in [5.74, 6) is -0.488. The molecular formula is C12H15F3N2O3. The second-order valence-corrected chi connectivity index (χ2v) is 3.80. The minimum atomic E-state index is -4.51. The molecule has 0 atom stereocenters. The Morgan fingerprint density at radius 3 is 2.60 bits per heavy atom. The van der Waals surface area contributed by atoms with E-state index in [1.807, 2.05) is 0 Å². The van der Waals surface area contributed by atoms with Crippen LogP contribution in [-0.4, -0.2) is 32.8 Å². The fourth-order valence-electron chi connectivity index (χ4n) is 1.37. The molecule has 0 unspecified atom stereocenters. The molecule has 20 heavy (non-hydrogen) atoms. The van der Waals surface area contributed by atoms with Crippen LogP contribution in [0.4, 0.5) is 18.9 Å². The summed E-state index contributed by atoms with van der Waals surface area (Å²) >= 11 is 0. The number of carbonyl (C=O) groups is 1. The van der Waals surface area contributed by atoms with Gasteiger partial charge >= 0.3 is 6.18 Å². The number of hydrogen-bond acceptors (Lipinski definition) is 4. The topological polar surface area (TPSA) is 73.6 Å². The summed E-state index contributed by atoms with van der Waals surface area (Å²) in [5, 5.41) is 2.27. The van der Waals surface area contributed by atoms with E-state index in [1.54, 1.807) is 0 Å². The molecule has 8 heteroatoms. The number of alkyl halides is 3. The van der Waals surface area contributed by atoms with Gasteiger partial charge in [0.1, 0.15) is 12.4 Å². The smallest absolute Gasteiger partial charge is 0.416 e. The molecule has 0 spiro atoms. The fraction of sp³-hybridized carbons (Fsp3) is 0.417. The number of nitrogens with two attached hydrogens (primary N) is 1. The first-order valence-electron chi connectivity index (χ1n) is 5.71. The molecular weight excluding hydrogens is 277 g/mol. The number of benzene rings is 1. The zero-order valence-electron chi connectivity index (χ0n) is 10.8. The van der Waals surface area contributed by atoms with Crippen LogP contribution in [0.15, 0.2) is 18.2 Å². The maximum Gasteiger partial charge on any atom is 0.416 e. The minimum absolute atomic E-state index is 0.0774. The van der Waals surface area contributed by atoms with Crippen LogP contribution in [0, 0.1) is 0 Å². The highest BCUT2D eigenvalue weighted by Gasteiger charge is 2.31. The van der Waals surface area contributed by atoms with Gasteiger partial charge in [-0.3, -0.25) is 4.79 Å². The van der Waals surface area contributed by atoms with Crippen LogP contribution in [0.25, 0.3) is 0 Å². The summed E-state index contributed by atoms with van der Waals surface area (Å²) in [6.45, 7) is 0.0758. The van der Waals surface area contributed by atoms with Crippen LogP contribution in [0.2, 0.25) is 0 Å². The fourth-order valence-corrected chi connectivity index (χ4v) is 1.37. The van der Waals surface area contributed by atoms with Crippen molar-refractivity contribution in [2.75, 3.05) is 32.2 Å². The zero-order chi connectivity index (χ0) is 15.2. The number of anilines is 1. The normalized spacial score (nSPS) is 11.2. The van der Waals surface area contributed by atoms with E-state index in [-0.39, 0.29) is 31.2 Å². The van der Waals surface area contributed by atoms with Crippen molar-refractivity contribution in [2.24, 2.45) is 5.73 Å². The van der Waals surface area contributed by atoms with Crippen LogP contribution in [0.5, 0.6) is 5.75 Å². The number of ether oxygens (including phenoxy) is 2. The molecule has 0 radical (unpaired) electrons. The molecule has 0 heterocycles. The van der Waals surface area contributed by atoms with E-state index in [2.05, 4.69) is 5.32 Å². The molecule has 0 bridgehead atoms. The number of rotatable bonds is 6. The van der Waals surface area contributed by atoms with Gasteiger partial charge in [0.25, 0.3) is 0 Å². The molecule has 0 aromatic heterocycles. The van der Waals surface area contributed by atoms with Crippen LogP contribution >= 0.6 is 0 Å². The van der Waals surface area contributed by atoms with Crippen molar-refractivity contribution in [3.63, 3.8) is 0 Å². The minimum Gasteiger partial charge on any atom is -0.489 e. The average molecular weight is 292 g/mol. The maximum atomic E-state index is 12.6. The monoisotopic (exact) mass is 292 g/mol. The molecule has 0 saturated heterocycles. The molecule has 3 N–H and O–H groups in total. The predicted molar refractivity (Wildman–Crippen MR) is 66.5 cm³/mol. The van der Waals surface area contributed by atoms with E-state index >= 15 is 0 Å². The Kier molecular flexibility index (Phi) is 5.78. The number of amides is 1. The van der Waals surface area contributed by atoms with Gasteiger partial charge in [0, 0.05) is 7.11 Å². The number of nitrogens with one attached hydrogen (secondary N) is 1. The van der Waals surface area contributed by atoms with Crippen molar-refractivity contribution in [1.29, 1.82) is 0 Å². The molecule has 1 aromatic carbocycles. The summed E-state index contributed by atoms with van der Waals surface area (Å²) in [7, 11) is 1.47. The van der Waals surface area contributed by atoms with Crippen molar-refractivity contribution >= 4 is 11.6 Å². The Morgan fingerprint density at radius 1 is 1.35 bits per heavy atom. The highest BCUT2D eigenvalue weighted by atomic mass is 19.4. The Morgan fingerprint density at radius 2 is 2.05 bits per heavy atom. The molecule has 0 aliphatic carbocycles. The van der Waals surface area contributed by atoms with Crippen LogP contribution in [0.1, 0.15) is 5.56 Å². The van der Waals surface area contributed by atoms with Gasteiger partial charge in [0.05, 0.1) is 24.4 Å². The molecule has 1 rings (SSSR count). The molecule has 1 aromatic rings. The van der Waals surface area contributed by atoms with Crippen LogP contribution in [-0.2, 0) is 15.7 Å². The van der Waals surface area contributed by atoms with Crippen molar-refractivity contribution < 1.29 is 27.4 Å². The van der Waals surface area contributed by atoms with Crippen LogP contribution < -0.4 is 15.8 Å². The molecule has 112 valence electrons. The van der Waals surface area contributed by atoms with E-state index in [1.165, 1.54) is 7.11 Å². The second-order valence-electron chi connectivity index (χ2n) is 3.80. The first-order chi connectivity index (χ1) is 9.38. The van der Waals surface area contributed by atoms with Crippen molar-refractivity contribution in [3.8, 4) is 5.75 Å². The Balaban J connectivity index is 3.00. The van der Waals surface area contributed by atoms with Crippen LogP contribution in [0.3, 0.4) is 0 Å². The Labute approximate surface area is 113 Å². The summed E-state index contributed by atoms with van der Waals surface area (Å²) in [6, 6.07) is 2.82. The first kappa shape index (κ1) is 16.3. The highest BCUT2D eigenvalue weighted by Crippen LogP contribution is 2.35. The SMILES string of the molecule is COCCOc1ccc(C(F)(F)F)cc1NC(=O)CN. The van der Waals surface area contributed by atoms with Crippen molar-refractivity contribution in [2.45, 2.75) is 6.18 Å². The molecule has 0 aliphatic rings. The number of carbonyl (C=O) groups excluding carboxylic acids is 1. The Bertz CT molecular complexity index is 464. The first-order valence-corrected chi connectivity index (χ1v) is 5.71. The van der Waals surface area contributed by atoms with Crippen molar-refractivity contribution in [3.05, 3.63) is 23.8 Å². The summed E-state index contributed by atoms with van der Waals surface area (Å²) in [4.78, 5) is 11.2. The van der Waals surface area contributed by atoms with Gasteiger partial charge in [0.15, 0.2) is 0 Å². The summed E-state index contributed by atoms with van der Waals surface area (Å²) in [6.07, 6.45) is -4.51. The van der Waals surface area contributed by atoms with Gasteiger partial charge in [0.2, 0.25) is 5.91 Å². The lowest BCUT2D eigenvalue weighted by Gasteiger charge is -2.15. The zero-order valence-corrected chi connectivity index (χ0v) is 10.8. The second kappa shape index (κ2) is 7.11. The van der Waals surface area contributed by atoms with Gasteiger partial charge < -0.3 is 20.5 Å². The molecule has 5 nitrogen and oxygen atoms in total. The number of halogens is 3. The lowest BCUT2D eigenvalue weighted by Crippen LogP contribution is -2.22. The van der Waals surface area contributed by atoms with Gasteiger partial charge in [-0.05, 0) is 18.2 Å².